The number of nitrogens with one attached hydrogen (secondary N) is 2. The largest absolute Gasteiger partial charge is 0.480 e. The van der Waals surface area contributed by atoms with Crippen LogP contribution < -0.4 is 15.4 Å². The van der Waals surface area contributed by atoms with Crippen molar-refractivity contribution in [2.75, 3.05) is 19.6 Å². The van der Waals surface area contributed by atoms with Crippen LogP contribution in [0.1, 0.15) is 25.3 Å². The number of para-hydroxylation sites is 1. The highest BCUT2D eigenvalue weighted by Crippen LogP contribution is 2.28. The Morgan fingerprint density at radius 3 is 3.00 bits per heavy atom. The Hall–Kier alpha value is -1.26. The maximum atomic E-state index is 12.2. The fourth-order valence-electron chi connectivity index (χ4n) is 3.01. The highest BCUT2D eigenvalue weighted by molar-refractivity contribution is 5.85. The van der Waals surface area contributed by atoms with Gasteiger partial charge in [0.25, 0.3) is 5.91 Å². The van der Waals surface area contributed by atoms with Crippen molar-refractivity contribution in [3.63, 3.8) is 0 Å². The van der Waals surface area contributed by atoms with Gasteiger partial charge in [0.2, 0.25) is 0 Å². The van der Waals surface area contributed by atoms with Crippen molar-refractivity contribution >= 4 is 18.3 Å². The van der Waals surface area contributed by atoms with Gasteiger partial charge in [0, 0.05) is 19.5 Å². The molecule has 2 atom stereocenters. The average molecular weight is 311 g/mol. The van der Waals surface area contributed by atoms with Crippen molar-refractivity contribution in [1.82, 2.24) is 10.6 Å². The van der Waals surface area contributed by atoms with Crippen molar-refractivity contribution in [3.8, 4) is 5.75 Å². The van der Waals surface area contributed by atoms with Gasteiger partial charge in [-0.2, -0.15) is 0 Å². The van der Waals surface area contributed by atoms with Crippen LogP contribution in [-0.4, -0.2) is 31.6 Å². The van der Waals surface area contributed by atoms with E-state index in [1.54, 1.807) is 0 Å². The summed E-state index contributed by atoms with van der Waals surface area (Å²) >= 11 is 0. The van der Waals surface area contributed by atoms with Crippen molar-refractivity contribution in [3.05, 3.63) is 29.8 Å². The quantitative estimate of drug-likeness (QED) is 0.897. The summed E-state index contributed by atoms with van der Waals surface area (Å²) in [4.78, 5) is 12.2. The van der Waals surface area contributed by atoms with Crippen LogP contribution >= 0.6 is 12.4 Å². The lowest BCUT2D eigenvalue weighted by Crippen LogP contribution is -2.48. The number of benzene rings is 1. The molecule has 2 aliphatic heterocycles. The number of halogens is 1. The molecule has 2 heterocycles. The number of rotatable bonds is 3. The van der Waals surface area contributed by atoms with Gasteiger partial charge in [-0.05, 0) is 36.4 Å². The monoisotopic (exact) mass is 310 g/mol. The van der Waals surface area contributed by atoms with E-state index < -0.39 is 0 Å². The van der Waals surface area contributed by atoms with Gasteiger partial charge in [-0.1, -0.05) is 25.1 Å². The molecule has 3 rings (SSSR count). The number of piperidine rings is 1. The van der Waals surface area contributed by atoms with Gasteiger partial charge in [0.15, 0.2) is 6.10 Å². The van der Waals surface area contributed by atoms with Crippen LogP contribution in [0.2, 0.25) is 0 Å². The molecule has 1 aromatic carbocycles. The van der Waals surface area contributed by atoms with Crippen molar-refractivity contribution in [1.29, 1.82) is 0 Å². The van der Waals surface area contributed by atoms with Crippen LogP contribution in [-0.2, 0) is 11.2 Å². The van der Waals surface area contributed by atoms with Gasteiger partial charge in [-0.15, -0.1) is 12.4 Å². The third-order valence-corrected chi connectivity index (χ3v) is 4.31. The predicted molar refractivity (Wildman–Crippen MR) is 85.0 cm³/mol. The van der Waals surface area contributed by atoms with E-state index >= 15 is 0 Å². The standard InChI is InChI=1S/C16H22N2O2.ClH/c1-16(7-4-8-17-10-16)11-18-15(19)14-9-12-5-2-3-6-13(12)20-14;/h2-3,5-6,14,17H,4,7-11H2,1H3,(H,18,19);1H. The Labute approximate surface area is 132 Å². The van der Waals surface area contributed by atoms with E-state index in [0.29, 0.717) is 6.42 Å². The summed E-state index contributed by atoms with van der Waals surface area (Å²) in [5.74, 6) is 0.853. The van der Waals surface area contributed by atoms with Gasteiger partial charge in [0.05, 0.1) is 0 Å². The molecule has 1 amide bonds. The second kappa shape index (κ2) is 6.67. The molecule has 0 aliphatic carbocycles. The first kappa shape index (κ1) is 16.1. The van der Waals surface area contributed by atoms with Crippen LogP contribution in [0.5, 0.6) is 5.75 Å². The number of ether oxygens (including phenoxy) is 1. The van der Waals surface area contributed by atoms with Crippen molar-refractivity contribution in [2.24, 2.45) is 5.41 Å². The van der Waals surface area contributed by atoms with Crippen LogP contribution in [0.25, 0.3) is 0 Å². The van der Waals surface area contributed by atoms with E-state index in [1.165, 1.54) is 6.42 Å². The molecular formula is C16H23ClN2O2. The van der Waals surface area contributed by atoms with E-state index in [2.05, 4.69) is 17.6 Å². The van der Waals surface area contributed by atoms with Crippen molar-refractivity contribution in [2.45, 2.75) is 32.3 Å². The lowest BCUT2D eigenvalue weighted by molar-refractivity contribution is -0.127. The molecule has 1 aromatic rings. The van der Waals surface area contributed by atoms with Gasteiger partial charge >= 0.3 is 0 Å². The summed E-state index contributed by atoms with van der Waals surface area (Å²) < 4.78 is 5.71. The molecule has 0 aromatic heterocycles. The Balaban J connectivity index is 0.00000161. The maximum Gasteiger partial charge on any atom is 0.261 e. The zero-order valence-corrected chi connectivity index (χ0v) is 13.2. The van der Waals surface area contributed by atoms with Crippen molar-refractivity contribution < 1.29 is 9.53 Å². The zero-order chi connectivity index (χ0) is 14.0. The number of carbonyl (C=O) groups is 1. The van der Waals surface area contributed by atoms with E-state index in [1.807, 2.05) is 24.3 Å². The number of hydrogen-bond acceptors (Lipinski definition) is 3. The first-order valence-electron chi connectivity index (χ1n) is 7.39. The molecule has 1 saturated heterocycles. The first-order valence-corrected chi connectivity index (χ1v) is 7.39. The molecule has 0 bridgehead atoms. The smallest absolute Gasteiger partial charge is 0.261 e. The van der Waals surface area contributed by atoms with Gasteiger partial charge in [-0.3, -0.25) is 4.79 Å². The summed E-state index contributed by atoms with van der Waals surface area (Å²) in [6.45, 7) is 5.00. The van der Waals surface area contributed by atoms with Crippen LogP contribution in [0.4, 0.5) is 0 Å². The lowest BCUT2D eigenvalue weighted by Gasteiger charge is -2.34. The lowest BCUT2D eigenvalue weighted by atomic mass is 9.83. The van der Waals surface area contributed by atoms with Crippen LogP contribution in [0.3, 0.4) is 0 Å². The highest BCUT2D eigenvalue weighted by Gasteiger charge is 2.31. The molecule has 5 heteroatoms. The normalized spacial score (nSPS) is 27.2. The molecule has 2 aliphatic rings. The van der Waals surface area contributed by atoms with E-state index in [9.17, 15) is 4.79 Å². The summed E-state index contributed by atoms with van der Waals surface area (Å²) in [5, 5.41) is 6.47. The maximum absolute atomic E-state index is 12.2. The summed E-state index contributed by atoms with van der Waals surface area (Å²) in [6.07, 6.45) is 2.65. The Kier molecular flexibility index (Phi) is 5.12. The predicted octanol–water partition coefficient (Wildman–Crippen LogP) is 1.92. The molecule has 0 saturated carbocycles. The molecule has 1 fully saturated rings. The molecular weight excluding hydrogens is 288 g/mol. The zero-order valence-electron chi connectivity index (χ0n) is 12.4. The Morgan fingerprint density at radius 2 is 2.29 bits per heavy atom. The fourth-order valence-corrected chi connectivity index (χ4v) is 3.01. The fraction of sp³-hybridized carbons (Fsp3) is 0.562. The molecule has 116 valence electrons. The van der Waals surface area contributed by atoms with Gasteiger partial charge < -0.3 is 15.4 Å². The van der Waals surface area contributed by atoms with Gasteiger partial charge in [-0.25, -0.2) is 0 Å². The van der Waals surface area contributed by atoms with E-state index in [0.717, 1.165) is 37.4 Å². The number of fused-ring (bicyclic) bond motifs is 1. The minimum Gasteiger partial charge on any atom is -0.480 e. The molecule has 2 unspecified atom stereocenters. The highest BCUT2D eigenvalue weighted by atomic mass is 35.5. The Bertz CT molecular complexity index is 476. The number of amides is 1. The molecule has 21 heavy (non-hydrogen) atoms. The van der Waals surface area contributed by atoms with Crippen LogP contribution in [0, 0.1) is 5.41 Å². The minimum atomic E-state index is -0.368. The number of hydrogen-bond donors (Lipinski definition) is 2. The molecule has 0 spiro atoms. The molecule has 2 N–H and O–H groups in total. The van der Waals surface area contributed by atoms with E-state index in [-0.39, 0.29) is 29.8 Å². The number of carbonyl (C=O) groups excluding carboxylic acids is 1. The average Bonchev–Trinajstić information content (AvgIpc) is 2.89. The second-order valence-electron chi connectivity index (χ2n) is 6.23. The third kappa shape index (κ3) is 3.69. The van der Waals surface area contributed by atoms with Gasteiger partial charge in [0.1, 0.15) is 5.75 Å². The molecule has 4 nitrogen and oxygen atoms in total. The van der Waals surface area contributed by atoms with E-state index in [4.69, 9.17) is 4.74 Å². The summed E-state index contributed by atoms with van der Waals surface area (Å²) in [6, 6.07) is 7.87. The summed E-state index contributed by atoms with van der Waals surface area (Å²) in [7, 11) is 0. The SMILES string of the molecule is CC1(CNC(=O)C2Cc3ccccc3O2)CCCNC1.Cl. The minimum absolute atomic E-state index is 0. The van der Waals surface area contributed by atoms with Crippen LogP contribution in [0.15, 0.2) is 24.3 Å². The topological polar surface area (TPSA) is 50.4 Å². The first-order chi connectivity index (χ1) is 9.66. The molecule has 0 radical (unpaired) electrons. The third-order valence-electron chi connectivity index (χ3n) is 4.31. The Morgan fingerprint density at radius 1 is 1.48 bits per heavy atom. The second-order valence-corrected chi connectivity index (χ2v) is 6.23. The summed E-state index contributed by atoms with van der Waals surface area (Å²) in [5.41, 5.74) is 1.29.